The lowest BCUT2D eigenvalue weighted by atomic mass is 9.80. The molecule has 0 atom stereocenters. The van der Waals surface area contributed by atoms with E-state index in [0.717, 1.165) is 5.46 Å². The summed E-state index contributed by atoms with van der Waals surface area (Å²) in [5.74, 6) is -0.404. The lowest BCUT2D eigenvalue weighted by molar-refractivity contribution is 0.00578. The molecule has 116 valence electrons. The van der Waals surface area contributed by atoms with E-state index in [0.29, 0.717) is 16.6 Å². The summed E-state index contributed by atoms with van der Waals surface area (Å²) in [6.07, 6.45) is 3.29. The Balaban J connectivity index is 2.01. The molecule has 2 aromatic rings. The maximum atomic E-state index is 11.8. The Kier molecular flexibility index (Phi) is 3.30. The molecular formula is C15H19BN2O4. The number of hydrogen-bond acceptors (Lipinski definition) is 5. The van der Waals surface area contributed by atoms with Crippen molar-refractivity contribution in [2.45, 2.75) is 38.9 Å². The first-order chi connectivity index (χ1) is 10.2. The Morgan fingerprint density at radius 2 is 1.91 bits per heavy atom. The van der Waals surface area contributed by atoms with Gasteiger partial charge in [-0.05, 0) is 33.8 Å². The highest BCUT2D eigenvalue weighted by atomic mass is 16.7. The molecule has 7 heteroatoms. The summed E-state index contributed by atoms with van der Waals surface area (Å²) in [5, 5.41) is 0.694. The number of carbonyl (C=O) groups is 1. The van der Waals surface area contributed by atoms with Crippen molar-refractivity contribution in [2.75, 3.05) is 7.11 Å². The van der Waals surface area contributed by atoms with Gasteiger partial charge in [-0.1, -0.05) is 0 Å². The number of H-pyrrole nitrogens is 1. The monoisotopic (exact) mass is 302 g/mol. The number of aromatic nitrogens is 2. The molecule has 1 fully saturated rings. The smallest absolute Gasteiger partial charge is 0.465 e. The average molecular weight is 302 g/mol. The fourth-order valence-electron chi connectivity index (χ4n) is 2.41. The predicted octanol–water partition coefficient (Wildman–Crippen LogP) is 1.65. The summed E-state index contributed by atoms with van der Waals surface area (Å²) in [4.78, 5) is 19.1. The summed E-state index contributed by atoms with van der Waals surface area (Å²) < 4.78 is 16.8. The number of aromatic amines is 1. The number of carbonyl (C=O) groups excluding carboxylic acids is 1. The van der Waals surface area contributed by atoms with E-state index in [9.17, 15) is 4.79 Å². The van der Waals surface area contributed by atoms with E-state index in [1.165, 1.54) is 7.11 Å². The van der Waals surface area contributed by atoms with Crippen LogP contribution in [0, 0.1) is 0 Å². The van der Waals surface area contributed by atoms with Gasteiger partial charge in [0.15, 0.2) is 0 Å². The van der Waals surface area contributed by atoms with Crippen LogP contribution in [0.5, 0.6) is 0 Å². The van der Waals surface area contributed by atoms with E-state index in [1.54, 1.807) is 12.4 Å². The lowest BCUT2D eigenvalue weighted by Crippen LogP contribution is -2.41. The van der Waals surface area contributed by atoms with Gasteiger partial charge in [-0.3, -0.25) is 0 Å². The Labute approximate surface area is 129 Å². The highest BCUT2D eigenvalue weighted by Crippen LogP contribution is 2.36. The molecule has 2 aromatic heterocycles. The van der Waals surface area contributed by atoms with Crippen molar-refractivity contribution in [1.82, 2.24) is 9.97 Å². The molecule has 22 heavy (non-hydrogen) atoms. The second kappa shape index (κ2) is 4.82. The summed E-state index contributed by atoms with van der Waals surface area (Å²) in [6, 6.07) is 1.85. The van der Waals surface area contributed by atoms with Crippen LogP contribution >= 0.6 is 0 Å². The molecule has 0 spiro atoms. The van der Waals surface area contributed by atoms with E-state index in [2.05, 4.69) is 9.97 Å². The van der Waals surface area contributed by atoms with Gasteiger partial charge in [0.1, 0.15) is 5.65 Å². The topological polar surface area (TPSA) is 73.4 Å². The van der Waals surface area contributed by atoms with Gasteiger partial charge in [0, 0.05) is 23.2 Å². The third-order valence-electron chi connectivity index (χ3n) is 4.48. The number of fused-ring (bicyclic) bond motifs is 1. The fraction of sp³-hybridized carbons (Fsp3) is 0.467. The quantitative estimate of drug-likeness (QED) is 0.674. The van der Waals surface area contributed by atoms with Crippen LogP contribution in [0.2, 0.25) is 0 Å². The van der Waals surface area contributed by atoms with E-state index < -0.39 is 24.3 Å². The first-order valence-electron chi connectivity index (χ1n) is 7.16. The van der Waals surface area contributed by atoms with Crippen molar-refractivity contribution in [2.24, 2.45) is 0 Å². The Morgan fingerprint density at radius 3 is 2.50 bits per heavy atom. The second-order valence-corrected chi connectivity index (χ2v) is 6.45. The molecule has 3 rings (SSSR count). The van der Waals surface area contributed by atoms with Crippen molar-refractivity contribution < 1.29 is 18.8 Å². The van der Waals surface area contributed by atoms with Gasteiger partial charge in [0.05, 0.1) is 23.9 Å². The normalized spacial score (nSPS) is 19.6. The minimum Gasteiger partial charge on any atom is -0.465 e. The molecule has 1 N–H and O–H groups in total. The zero-order valence-corrected chi connectivity index (χ0v) is 13.4. The van der Waals surface area contributed by atoms with Gasteiger partial charge in [-0.25, -0.2) is 9.78 Å². The van der Waals surface area contributed by atoms with Crippen molar-refractivity contribution in [1.29, 1.82) is 0 Å². The molecule has 0 radical (unpaired) electrons. The van der Waals surface area contributed by atoms with Gasteiger partial charge in [0.25, 0.3) is 0 Å². The Hall–Kier alpha value is -1.86. The maximum absolute atomic E-state index is 11.8. The molecule has 1 saturated heterocycles. The van der Waals surface area contributed by atoms with Crippen molar-refractivity contribution >= 4 is 29.6 Å². The standard InChI is InChI=1S/C15H19BN2O4/c1-14(2)15(3,4)22-16(21-14)9-6-10-11(13(19)20-5)8-18-12(10)17-7-9/h6-8H,1-5H3,(H,17,18). The fourth-order valence-corrected chi connectivity index (χ4v) is 2.41. The van der Waals surface area contributed by atoms with Gasteiger partial charge in [-0.2, -0.15) is 0 Å². The molecular weight excluding hydrogens is 283 g/mol. The molecule has 1 aliphatic rings. The zero-order valence-electron chi connectivity index (χ0n) is 13.4. The highest BCUT2D eigenvalue weighted by molar-refractivity contribution is 6.62. The average Bonchev–Trinajstić information content (AvgIpc) is 2.96. The third kappa shape index (κ3) is 2.21. The van der Waals surface area contributed by atoms with E-state index in [4.69, 9.17) is 14.0 Å². The predicted molar refractivity (Wildman–Crippen MR) is 83.1 cm³/mol. The first-order valence-corrected chi connectivity index (χ1v) is 7.16. The molecule has 0 aromatic carbocycles. The molecule has 0 unspecified atom stereocenters. The molecule has 0 amide bonds. The van der Waals surface area contributed by atoms with Crippen LogP contribution in [0.25, 0.3) is 11.0 Å². The number of nitrogens with zero attached hydrogens (tertiary/aromatic N) is 1. The van der Waals surface area contributed by atoms with Crippen LogP contribution in [0.4, 0.5) is 0 Å². The van der Waals surface area contributed by atoms with Crippen LogP contribution in [0.1, 0.15) is 38.1 Å². The Morgan fingerprint density at radius 1 is 1.27 bits per heavy atom. The van der Waals surface area contributed by atoms with Crippen LogP contribution in [-0.2, 0) is 14.0 Å². The molecule has 0 saturated carbocycles. The molecule has 1 aliphatic heterocycles. The largest absolute Gasteiger partial charge is 0.496 e. The van der Waals surface area contributed by atoms with Crippen molar-refractivity contribution in [3.8, 4) is 0 Å². The molecule has 0 aliphatic carbocycles. The SMILES string of the molecule is COC(=O)c1c[nH]c2ncc(B3OC(C)(C)C(C)(C)O3)cc12. The third-order valence-corrected chi connectivity index (χ3v) is 4.48. The Bertz CT molecular complexity index is 722. The zero-order chi connectivity index (χ0) is 16.1. The van der Waals surface area contributed by atoms with Crippen LogP contribution in [0.3, 0.4) is 0 Å². The van der Waals surface area contributed by atoms with Gasteiger partial charge in [0.2, 0.25) is 0 Å². The van der Waals surface area contributed by atoms with E-state index in [1.807, 2.05) is 33.8 Å². The minimum absolute atomic E-state index is 0.404. The second-order valence-electron chi connectivity index (χ2n) is 6.45. The molecule has 0 bridgehead atoms. The van der Waals surface area contributed by atoms with Crippen molar-refractivity contribution in [3.05, 3.63) is 24.0 Å². The number of ether oxygens (including phenoxy) is 1. The van der Waals surface area contributed by atoms with Gasteiger partial charge in [-0.15, -0.1) is 0 Å². The first kappa shape index (κ1) is 15.1. The number of rotatable bonds is 2. The minimum atomic E-state index is -0.512. The number of methoxy groups -OCH3 is 1. The number of pyridine rings is 1. The molecule has 6 nitrogen and oxygen atoms in total. The van der Waals surface area contributed by atoms with Crippen LogP contribution in [-0.4, -0.2) is 41.4 Å². The van der Waals surface area contributed by atoms with E-state index in [-0.39, 0.29) is 0 Å². The molecule has 3 heterocycles. The number of hydrogen-bond donors (Lipinski definition) is 1. The summed E-state index contributed by atoms with van der Waals surface area (Å²) in [6.45, 7) is 7.98. The van der Waals surface area contributed by atoms with Crippen molar-refractivity contribution in [3.63, 3.8) is 0 Å². The summed E-state index contributed by atoms with van der Waals surface area (Å²) in [7, 11) is 0.842. The highest BCUT2D eigenvalue weighted by Gasteiger charge is 2.51. The number of nitrogens with one attached hydrogen (secondary N) is 1. The van der Waals surface area contributed by atoms with Crippen LogP contribution in [0.15, 0.2) is 18.5 Å². The lowest BCUT2D eigenvalue weighted by Gasteiger charge is -2.32. The van der Waals surface area contributed by atoms with E-state index >= 15 is 0 Å². The number of esters is 1. The summed E-state index contributed by atoms with van der Waals surface area (Å²) in [5.41, 5.74) is 1.01. The van der Waals surface area contributed by atoms with Crippen LogP contribution < -0.4 is 5.46 Å². The maximum Gasteiger partial charge on any atom is 0.496 e. The van der Waals surface area contributed by atoms with Gasteiger partial charge < -0.3 is 19.0 Å². The van der Waals surface area contributed by atoms with Gasteiger partial charge >= 0.3 is 13.1 Å². The summed E-state index contributed by atoms with van der Waals surface area (Å²) >= 11 is 0.